The zero-order chi connectivity index (χ0) is 11.7. The highest BCUT2D eigenvalue weighted by Gasteiger charge is 2.18. The van der Waals surface area contributed by atoms with E-state index < -0.39 is 10.0 Å². The third-order valence-electron chi connectivity index (χ3n) is 2.08. The summed E-state index contributed by atoms with van der Waals surface area (Å²) in [5, 5.41) is 3.00. The molecule has 0 aliphatic rings. The lowest BCUT2D eigenvalue weighted by Crippen LogP contribution is -2.38. The Bertz CT molecular complexity index is 242. The highest BCUT2D eigenvalue weighted by Crippen LogP contribution is 2.00. The van der Waals surface area contributed by atoms with Gasteiger partial charge in [-0.3, -0.25) is 0 Å². The third-order valence-corrected chi connectivity index (χ3v) is 4.03. The topological polar surface area (TPSA) is 58.6 Å². The molecule has 0 heterocycles. The van der Waals surface area contributed by atoms with Crippen molar-refractivity contribution in [2.45, 2.75) is 13.8 Å². The smallest absolute Gasteiger partial charge is 0.215 e. The van der Waals surface area contributed by atoms with E-state index in [4.69, 9.17) is 4.74 Å². The number of rotatable bonds is 9. The monoisotopic (exact) mass is 238 g/mol. The molecule has 0 fully saturated rings. The first-order valence-electron chi connectivity index (χ1n) is 5.26. The van der Waals surface area contributed by atoms with Crippen molar-refractivity contribution in [1.82, 2.24) is 9.62 Å². The van der Waals surface area contributed by atoms with Crippen molar-refractivity contribution >= 4 is 10.0 Å². The van der Waals surface area contributed by atoms with Crippen LogP contribution in [0.4, 0.5) is 0 Å². The van der Waals surface area contributed by atoms with E-state index in [2.05, 4.69) is 5.32 Å². The van der Waals surface area contributed by atoms with Crippen LogP contribution in [0.3, 0.4) is 0 Å². The van der Waals surface area contributed by atoms with Gasteiger partial charge in [0.2, 0.25) is 10.0 Å². The number of hydrogen-bond donors (Lipinski definition) is 1. The molecule has 0 bridgehead atoms. The molecule has 1 N–H and O–H groups in total. The van der Waals surface area contributed by atoms with Gasteiger partial charge in [0.15, 0.2) is 0 Å². The van der Waals surface area contributed by atoms with E-state index in [1.165, 1.54) is 4.31 Å². The fraction of sp³-hybridized carbons (Fsp3) is 1.00. The van der Waals surface area contributed by atoms with E-state index in [-0.39, 0.29) is 5.75 Å². The zero-order valence-electron chi connectivity index (χ0n) is 9.82. The van der Waals surface area contributed by atoms with Gasteiger partial charge in [-0.1, -0.05) is 13.8 Å². The molecule has 0 amide bonds. The maximum Gasteiger partial charge on any atom is 0.215 e. The molecule has 5 nitrogen and oxygen atoms in total. The lowest BCUT2D eigenvalue weighted by molar-refractivity contribution is 0.180. The lowest BCUT2D eigenvalue weighted by atomic mass is 10.6. The quantitative estimate of drug-likeness (QED) is 0.570. The molecule has 0 aliphatic carbocycles. The van der Waals surface area contributed by atoms with Crippen LogP contribution in [0.5, 0.6) is 0 Å². The average Bonchev–Trinajstić information content (AvgIpc) is 2.19. The van der Waals surface area contributed by atoms with E-state index >= 15 is 0 Å². The number of hydrogen-bond acceptors (Lipinski definition) is 4. The molecule has 15 heavy (non-hydrogen) atoms. The highest BCUT2D eigenvalue weighted by molar-refractivity contribution is 7.89. The van der Waals surface area contributed by atoms with Gasteiger partial charge in [0.25, 0.3) is 0 Å². The Morgan fingerprint density at radius 3 is 2.47 bits per heavy atom. The molecule has 0 radical (unpaired) electrons. The number of ether oxygens (including phenoxy) is 1. The lowest BCUT2D eigenvalue weighted by Gasteiger charge is -2.19. The Labute approximate surface area is 92.8 Å². The summed E-state index contributed by atoms with van der Waals surface area (Å²) in [5.41, 5.74) is 0. The third kappa shape index (κ3) is 6.09. The fourth-order valence-electron chi connectivity index (χ4n) is 1.19. The normalized spacial score (nSPS) is 12.3. The summed E-state index contributed by atoms with van der Waals surface area (Å²) in [6.07, 6.45) is 0. The summed E-state index contributed by atoms with van der Waals surface area (Å²) in [5.74, 6) is 0.151. The van der Waals surface area contributed by atoms with Gasteiger partial charge in [-0.15, -0.1) is 0 Å². The first-order valence-corrected chi connectivity index (χ1v) is 6.86. The van der Waals surface area contributed by atoms with Crippen LogP contribution in [0.1, 0.15) is 13.8 Å². The van der Waals surface area contributed by atoms with E-state index in [0.29, 0.717) is 26.2 Å². The summed E-state index contributed by atoms with van der Waals surface area (Å²) < 4.78 is 29.9. The zero-order valence-corrected chi connectivity index (χ0v) is 10.6. The molecule has 0 aliphatic heterocycles. The van der Waals surface area contributed by atoms with Crippen LogP contribution in [-0.4, -0.2) is 58.4 Å². The number of nitrogens with one attached hydrogen (secondary N) is 1. The second-order valence-corrected chi connectivity index (χ2v) is 5.24. The van der Waals surface area contributed by atoms with Crippen molar-refractivity contribution < 1.29 is 13.2 Å². The standard InChI is InChI=1S/C9H22N2O3S/c1-4-10-6-9-15(12,13)11(5-2)7-8-14-3/h10H,4-9H2,1-3H3. The van der Waals surface area contributed by atoms with Crippen LogP contribution in [0, 0.1) is 0 Å². The maximum absolute atomic E-state index is 11.8. The Hall–Kier alpha value is -0.170. The van der Waals surface area contributed by atoms with Gasteiger partial charge in [-0.05, 0) is 6.54 Å². The molecule has 0 atom stereocenters. The van der Waals surface area contributed by atoms with Crippen molar-refractivity contribution in [2.75, 3.05) is 45.6 Å². The molecule has 0 aromatic carbocycles. The Morgan fingerprint density at radius 2 is 2.00 bits per heavy atom. The minimum absolute atomic E-state index is 0.151. The molecule has 0 rings (SSSR count). The van der Waals surface area contributed by atoms with Crippen molar-refractivity contribution in [2.24, 2.45) is 0 Å². The van der Waals surface area contributed by atoms with Gasteiger partial charge < -0.3 is 10.1 Å². The van der Waals surface area contributed by atoms with Crippen molar-refractivity contribution in [3.05, 3.63) is 0 Å². The van der Waals surface area contributed by atoms with E-state index in [1.54, 1.807) is 7.11 Å². The summed E-state index contributed by atoms with van der Waals surface area (Å²) in [4.78, 5) is 0. The summed E-state index contributed by atoms with van der Waals surface area (Å²) in [6, 6.07) is 0. The van der Waals surface area contributed by atoms with Crippen LogP contribution in [0.25, 0.3) is 0 Å². The summed E-state index contributed by atoms with van der Waals surface area (Å²) >= 11 is 0. The second-order valence-electron chi connectivity index (χ2n) is 3.15. The predicted octanol–water partition coefficient (Wildman–Crippen LogP) is -0.106. The average molecular weight is 238 g/mol. The number of sulfonamides is 1. The Morgan fingerprint density at radius 1 is 1.33 bits per heavy atom. The van der Waals surface area contributed by atoms with Gasteiger partial charge >= 0.3 is 0 Å². The Kier molecular flexibility index (Phi) is 7.95. The van der Waals surface area contributed by atoms with Crippen molar-refractivity contribution in [3.8, 4) is 0 Å². The SMILES string of the molecule is CCNCCS(=O)(=O)N(CC)CCOC. The molecule has 0 aromatic rings. The molecule has 92 valence electrons. The predicted molar refractivity (Wildman–Crippen MR) is 61.5 cm³/mol. The number of methoxy groups -OCH3 is 1. The first kappa shape index (κ1) is 14.8. The van der Waals surface area contributed by atoms with Gasteiger partial charge in [-0.2, -0.15) is 4.31 Å². The van der Waals surface area contributed by atoms with Crippen LogP contribution in [0.15, 0.2) is 0 Å². The van der Waals surface area contributed by atoms with Crippen LogP contribution >= 0.6 is 0 Å². The molecule has 0 spiro atoms. The molecular formula is C9H22N2O3S. The van der Waals surface area contributed by atoms with E-state index in [9.17, 15) is 8.42 Å². The highest BCUT2D eigenvalue weighted by atomic mass is 32.2. The maximum atomic E-state index is 11.8. The Balaban J connectivity index is 4.13. The summed E-state index contributed by atoms with van der Waals surface area (Å²) in [7, 11) is -1.56. The summed E-state index contributed by atoms with van der Waals surface area (Å²) in [6.45, 7) is 6.45. The fourth-order valence-corrected chi connectivity index (χ4v) is 2.60. The second kappa shape index (κ2) is 8.04. The van der Waals surface area contributed by atoms with Gasteiger partial charge in [-0.25, -0.2) is 8.42 Å². The van der Waals surface area contributed by atoms with Crippen LogP contribution < -0.4 is 5.32 Å². The van der Waals surface area contributed by atoms with Gasteiger partial charge in [0, 0.05) is 26.7 Å². The van der Waals surface area contributed by atoms with Crippen LogP contribution in [0.2, 0.25) is 0 Å². The number of likely N-dealkylation sites (N-methyl/N-ethyl adjacent to an activating group) is 1. The largest absolute Gasteiger partial charge is 0.383 e. The molecule has 6 heteroatoms. The van der Waals surface area contributed by atoms with Crippen molar-refractivity contribution in [1.29, 1.82) is 0 Å². The van der Waals surface area contributed by atoms with E-state index in [1.807, 2.05) is 13.8 Å². The molecular weight excluding hydrogens is 216 g/mol. The molecule has 0 saturated carbocycles. The molecule has 0 saturated heterocycles. The van der Waals surface area contributed by atoms with Crippen LogP contribution in [-0.2, 0) is 14.8 Å². The van der Waals surface area contributed by atoms with E-state index in [0.717, 1.165) is 6.54 Å². The van der Waals surface area contributed by atoms with Gasteiger partial charge in [0.1, 0.15) is 0 Å². The number of nitrogens with zero attached hydrogens (tertiary/aromatic N) is 1. The van der Waals surface area contributed by atoms with Gasteiger partial charge in [0.05, 0.1) is 12.4 Å². The first-order chi connectivity index (χ1) is 7.08. The van der Waals surface area contributed by atoms with Crippen molar-refractivity contribution in [3.63, 3.8) is 0 Å². The minimum atomic E-state index is -3.13. The minimum Gasteiger partial charge on any atom is -0.383 e. The molecule has 0 aromatic heterocycles. The molecule has 0 unspecified atom stereocenters.